The van der Waals surface area contributed by atoms with Crippen LogP contribution in [0.25, 0.3) is 0 Å². The van der Waals surface area contributed by atoms with Gasteiger partial charge in [-0.2, -0.15) is 0 Å². The number of pyridine rings is 2. The molecule has 86 valence electrons. The molecule has 0 unspecified atom stereocenters. The third-order valence-electron chi connectivity index (χ3n) is 1.89. The molecule has 17 heavy (non-hydrogen) atoms. The molecule has 2 aromatic heterocycles. The van der Waals surface area contributed by atoms with Gasteiger partial charge in [0.2, 0.25) is 0 Å². The summed E-state index contributed by atoms with van der Waals surface area (Å²) in [5.41, 5.74) is 0.00190. The smallest absolute Gasteiger partial charge is 0.354 e. The van der Waals surface area contributed by atoms with Crippen LogP contribution in [0.5, 0.6) is 0 Å². The molecule has 0 aromatic carbocycles. The summed E-state index contributed by atoms with van der Waals surface area (Å²) in [5.74, 6) is -1.06. The molecule has 0 aliphatic heterocycles. The Morgan fingerprint density at radius 1 is 1.29 bits per heavy atom. The van der Waals surface area contributed by atoms with E-state index in [-0.39, 0.29) is 5.69 Å². The van der Waals surface area contributed by atoms with Gasteiger partial charge in [0.15, 0.2) is 0 Å². The molecular formula is C11H7ClN2O2S. The molecule has 2 rings (SSSR count). The molecule has 1 N–H and O–H groups in total. The highest BCUT2D eigenvalue weighted by atomic mass is 35.5. The van der Waals surface area contributed by atoms with Gasteiger partial charge in [-0.15, -0.1) is 0 Å². The predicted octanol–water partition coefficient (Wildman–Crippen LogP) is 2.98. The van der Waals surface area contributed by atoms with Crippen LogP contribution in [0.4, 0.5) is 0 Å². The monoisotopic (exact) mass is 266 g/mol. The van der Waals surface area contributed by atoms with Gasteiger partial charge in [0.25, 0.3) is 0 Å². The van der Waals surface area contributed by atoms with Gasteiger partial charge < -0.3 is 5.11 Å². The number of aromatic nitrogens is 2. The number of rotatable bonds is 3. The molecule has 4 nitrogen and oxygen atoms in total. The average molecular weight is 267 g/mol. The molecule has 0 fully saturated rings. The fourth-order valence-corrected chi connectivity index (χ4v) is 2.19. The van der Waals surface area contributed by atoms with E-state index < -0.39 is 5.97 Å². The van der Waals surface area contributed by atoms with E-state index in [9.17, 15) is 4.79 Å². The zero-order valence-corrected chi connectivity index (χ0v) is 10.1. The first-order chi connectivity index (χ1) is 8.16. The number of halogens is 1. The first-order valence-electron chi connectivity index (χ1n) is 4.64. The predicted molar refractivity (Wildman–Crippen MR) is 64.6 cm³/mol. The van der Waals surface area contributed by atoms with Crippen molar-refractivity contribution in [3.63, 3.8) is 0 Å². The van der Waals surface area contributed by atoms with Crippen LogP contribution in [0, 0.1) is 0 Å². The molecular weight excluding hydrogens is 260 g/mol. The van der Waals surface area contributed by atoms with Crippen LogP contribution in [0.15, 0.2) is 46.6 Å². The topological polar surface area (TPSA) is 63.1 Å². The van der Waals surface area contributed by atoms with Crippen LogP contribution in [0.2, 0.25) is 5.02 Å². The third kappa shape index (κ3) is 2.95. The lowest BCUT2D eigenvalue weighted by Crippen LogP contribution is -1.99. The van der Waals surface area contributed by atoms with Gasteiger partial charge in [0.05, 0.1) is 5.02 Å². The van der Waals surface area contributed by atoms with Crippen LogP contribution in [0.3, 0.4) is 0 Å². The fourth-order valence-electron chi connectivity index (χ4n) is 1.15. The summed E-state index contributed by atoms with van der Waals surface area (Å²) in [6.45, 7) is 0. The number of nitrogens with zero attached hydrogens (tertiary/aromatic N) is 2. The van der Waals surface area contributed by atoms with Crippen molar-refractivity contribution in [2.24, 2.45) is 0 Å². The Labute approximate surface area is 107 Å². The van der Waals surface area contributed by atoms with Crippen molar-refractivity contribution >= 4 is 29.3 Å². The molecule has 2 heterocycles. The normalized spacial score (nSPS) is 10.2. The second kappa shape index (κ2) is 5.16. The van der Waals surface area contributed by atoms with Crippen LogP contribution < -0.4 is 0 Å². The Hall–Kier alpha value is -1.59. The van der Waals surface area contributed by atoms with E-state index in [1.165, 1.54) is 24.0 Å². The Morgan fingerprint density at radius 3 is 2.82 bits per heavy atom. The van der Waals surface area contributed by atoms with Crippen LogP contribution in [0.1, 0.15) is 10.5 Å². The maximum atomic E-state index is 10.8. The first-order valence-corrected chi connectivity index (χ1v) is 5.84. The third-order valence-corrected chi connectivity index (χ3v) is 3.32. The van der Waals surface area contributed by atoms with E-state index in [1.54, 1.807) is 24.4 Å². The summed E-state index contributed by atoms with van der Waals surface area (Å²) in [6, 6.07) is 6.66. The quantitative estimate of drug-likeness (QED) is 0.925. The van der Waals surface area contributed by atoms with Gasteiger partial charge in [-0.25, -0.2) is 14.8 Å². The number of carbonyl (C=O) groups is 1. The van der Waals surface area contributed by atoms with Gasteiger partial charge >= 0.3 is 5.97 Å². The van der Waals surface area contributed by atoms with E-state index in [1.807, 2.05) is 0 Å². The van der Waals surface area contributed by atoms with Crippen molar-refractivity contribution in [1.29, 1.82) is 0 Å². The second-order valence-corrected chi connectivity index (χ2v) is 4.54. The fraction of sp³-hybridized carbons (Fsp3) is 0. The first kappa shape index (κ1) is 11.9. The largest absolute Gasteiger partial charge is 0.477 e. The van der Waals surface area contributed by atoms with Crippen LogP contribution in [-0.2, 0) is 0 Å². The highest BCUT2D eigenvalue weighted by molar-refractivity contribution is 7.99. The van der Waals surface area contributed by atoms with Crippen molar-refractivity contribution in [2.45, 2.75) is 9.92 Å². The van der Waals surface area contributed by atoms with Crippen LogP contribution >= 0.6 is 23.4 Å². The molecule has 0 atom stereocenters. The molecule has 0 bridgehead atoms. The minimum atomic E-state index is -1.06. The second-order valence-electron chi connectivity index (χ2n) is 3.07. The SMILES string of the molecule is O=C(O)c1cc(Sc2ncccc2Cl)ccn1. The van der Waals surface area contributed by atoms with Crippen molar-refractivity contribution < 1.29 is 9.90 Å². The molecule has 6 heteroatoms. The number of hydrogen-bond acceptors (Lipinski definition) is 4. The minimum Gasteiger partial charge on any atom is -0.477 e. The van der Waals surface area contributed by atoms with Crippen molar-refractivity contribution in [3.05, 3.63) is 47.4 Å². The summed E-state index contributed by atoms with van der Waals surface area (Å²) < 4.78 is 0. The van der Waals surface area contributed by atoms with Gasteiger partial charge in [0.1, 0.15) is 10.7 Å². The zero-order valence-electron chi connectivity index (χ0n) is 8.50. The molecule has 0 aliphatic carbocycles. The number of aromatic carboxylic acids is 1. The summed E-state index contributed by atoms with van der Waals surface area (Å²) in [6.07, 6.45) is 3.08. The van der Waals surface area contributed by atoms with Crippen LogP contribution in [-0.4, -0.2) is 21.0 Å². The molecule has 0 amide bonds. The molecule has 0 saturated carbocycles. The van der Waals surface area contributed by atoms with E-state index in [2.05, 4.69) is 9.97 Å². The Kier molecular flexibility index (Phi) is 3.61. The summed E-state index contributed by atoms with van der Waals surface area (Å²) in [7, 11) is 0. The summed E-state index contributed by atoms with van der Waals surface area (Å²) in [5, 5.41) is 9.99. The van der Waals surface area contributed by atoms with E-state index in [0.717, 1.165) is 4.90 Å². The van der Waals surface area contributed by atoms with Crippen molar-refractivity contribution in [3.8, 4) is 0 Å². The number of hydrogen-bond donors (Lipinski definition) is 1. The summed E-state index contributed by atoms with van der Waals surface area (Å²) in [4.78, 5) is 19.3. The highest BCUT2D eigenvalue weighted by Crippen LogP contribution is 2.30. The van der Waals surface area contributed by atoms with E-state index in [0.29, 0.717) is 10.0 Å². The average Bonchev–Trinajstić information content (AvgIpc) is 2.32. The number of carboxylic acid groups (broad SMARTS) is 1. The lowest BCUT2D eigenvalue weighted by atomic mass is 10.3. The maximum absolute atomic E-state index is 10.8. The molecule has 0 spiro atoms. The Morgan fingerprint density at radius 2 is 2.12 bits per heavy atom. The van der Waals surface area contributed by atoms with Crippen molar-refractivity contribution in [2.75, 3.05) is 0 Å². The maximum Gasteiger partial charge on any atom is 0.354 e. The number of carboxylic acids is 1. The van der Waals surface area contributed by atoms with Crippen molar-refractivity contribution in [1.82, 2.24) is 9.97 Å². The Balaban J connectivity index is 2.28. The lowest BCUT2D eigenvalue weighted by molar-refractivity contribution is 0.0690. The van der Waals surface area contributed by atoms with Gasteiger partial charge in [-0.05, 0) is 24.3 Å². The standard InChI is InChI=1S/C11H7ClN2O2S/c12-8-2-1-4-14-10(8)17-7-3-5-13-9(6-7)11(15)16/h1-6H,(H,15,16). The molecule has 2 aromatic rings. The van der Waals surface area contributed by atoms with Gasteiger partial charge in [-0.3, -0.25) is 0 Å². The molecule has 0 aliphatic rings. The molecule has 0 saturated heterocycles. The van der Waals surface area contributed by atoms with Gasteiger partial charge in [-0.1, -0.05) is 23.4 Å². The summed E-state index contributed by atoms with van der Waals surface area (Å²) >= 11 is 7.26. The highest BCUT2D eigenvalue weighted by Gasteiger charge is 2.08. The Bertz CT molecular complexity index is 563. The molecule has 0 radical (unpaired) electrons. The van der Waals surface area contributed by atoms with E-state index >= 15 is 0 Å². The lowest BCUT2D eigenvalue weighted by Gasteiger charge is -2.02. The minimum absolute atomic E-state index is 0.00190. The zero-order chi connectivity index (χ0) is 12.3. The van der Waals surface area contributed by atoms with E-state index in [4.69, 9.17) is 16.7 Å². The van der Waals surface area contributed by atoms with Gasteiger partial charge in [0, 0.05) is 17.3 Å².